The normalized spacial score (nSPS) is 12.9. The maximum atomic E-state index is 9.36. The number of halogens is 1. The van der Waals surface area contributed by atoms with E-state index in [1.165, 1.54) is 6.47 Å². The number of alkyl halides is 1. The Hall–Kier alpha value is 0.200. The molecule has 3 heteroatoms. The summed E-state index contributed by atoms with van der Waals surface area (Å²) in [5.74, 6) is 0. The van der Waals surface area contributed by atoms with Crippen LogP contribution in [-0.4, -0.2) is 17.0 Å². The van der Waals surface area contributed by atoms with E-state index in [2.05, 4.69) is 27.3 Å². The van der Waals surface area contributed by atoms with Crippen LogP contribution in [0.25, 0.3) is 0 Å². The molecule has 0 N–H and O–H groups in total. The van der Waals surface area contributed by atoms with Crippen LogP contribution in [-0.2, 0) is 9.53 Å². The molecule has 1 radical (unpaired) electrons. The minimum absolute atomic E-state index is 0.388. The summed E-state index contributed by atoms with van der Waals surface area (Å²) >= 11 is 2.16. The molecule has 0 aliphatic carbocycles. The van der Waals surface area contributed by atoms with Crippen molar-refractivity contribution in [1.29, 1.82) is 0 Å². The van der Waals surface area contributed by atoms with Crippen molar-refractivity contribution in [3.8, 4) is 0 Å². The Kier molecular flexibility index (Phi) is 4.49. The van der Waals surface area contributed by atoms with Crippen LogP contribution in [0.15, 0.2) is 0 Å². The highest BCUT2D eigenvalue weighted by molar-refractivity contribution is 14.1. The summed E-state index contributed by atoms with van der Waals surface area (Å²) in [6.45, 7) is 3.76. The Morgan fingerprint density at radius 2 is 2.57 bits per heavy atom. The monoisotopic (exact) mass is 213 g/mol. The van der Waals surface area contributed by atoms with E-state index in [1.54, 1.807) is 0 Å². The first kappa shape index (κ1) is 7.20. The first-order valence-corrected chi connectivity index (χ1v) is 3.15. The fourth-order valence-electron chi connectivity index (χ4n) is 0.149. The SMILES string of the molecule is CC(I)CO[C]=O. The van der Waals surface area contributed by atoms with Crippen LogP contribution < -0.4 is 0 Å². The lowest BCUT2D eigenvalue weighted by molar-refractivity contribution is 0.285. The summed E-state index contributed by atoms with van der Waals surface area (Å²) in [6, 6.07) is 0. The van der Waals surface area contributed by atoms with Gasteiger partial charge in [-0.3, -0.25) is 0 Å². The van der Waals surface area contributed by atoms with Gasteiger partial charge >= 0.3 is 6.47 Å². The molecule has 0 aliphatic rings. The van der Waals surface area contributed by atoms with Gasteiger partial charge in [0.2, 0.25) is 0 Å². The maximum absolute atomic E-state index is 9.36. The third-order valence-corrected chi connectivity index (χ3v) is 0.732. The molecule has 1 unspecified atom stereocenters. The quantitative estimate of drug-likeness (QED) is 0.514. The third kappa shape index (κ3) is 6.20. The van der Waals surface area contributed by atoms with E-state index in [1.807, 2.05) is 6.92 Å². The van der Waals surface area contributed by atoms with Crippen molar-refractivity contribution < 1.29 is 9.53 Å². The second kappa shape index (κ2) is 4.36. The smallest absolute Gasteiger partial charge is 0.417 e. The van der Waals surface area contributed by atoms with Gasteiger partial charge in [-0.05, 0) is 0 Å². The molecule has 0 aromatic rings. The Labute approximate surface area is 56.4 Å². The van der Waals surface area contributed by atoms with Crippen LogP contribution in [0, 0.1) is 0 Å². The minimum atomic E-state index is 0.388. The van der Waals surface area contributed by atoms with Gasteiger partial charge in [0.05, 0.1) is 0 Å². The summed E-state index contributed by atoms with van der Waals surface area (Å²) in [5.41, 5.74) is 0. The van der Waals surface area contributed by atoms with Gasteiger partial charge in [0.25, 0.3) is 0 Å². The van der Waals surface area contributed by atoms with Crippen molar-refractivity contribution in [3.63, 3.8) is 0 Å². The third-order valence-electron chi connectivity index (χ3n) is 0.372. The van der Waals surface area contributed by atoms with Crippen LogP contribution in [0.1, 0.15) is 6.92 Å². The molecular formula is C4H6IO2. The highest BCUT2D eigenvalue weighted by Gasteiger charge is 1.91. The second-order valence-electron chi connectivity index (χ2n) is 1.18. The van der Waals surface area contributed by atoms with Crippen molar-refractivity contribution in [2.24, 2.45) is 0 Å². The molecule has 0 bridgehead atoms. The van der Waals surface area contributed by atoms with Gasteiger partial charge in [-0.15, -0.1) is 0 Å². The molecule has 0 saturated carbocycles. The second-order valence-corrected chi connectivity index (χ2v) is 3.30. The molecule has 0 rings (SSSR count). The van der Waals surface area contributed by atoms with Gasteiger partial charge in [-0.1, -0.05) is 29.5 Å². The average molecular weight is 213 g/mol. The predicted molar refractivity (Wildman–Crippen MR) is 35.1 cm³/mol. The molecule has 1 atom stereocenters. The van der Waals surface area contributed by atoms with E-state index >= 15 is 0 Å². The number of carbonyl (C=O) groups excluding carboxylic acids is 1. The number of ether oxygens (including phenoxy) is 1. The lowest BCUT2D eigenvalue weighted by Gasteiger charge is -1.95. The van der Waals surface area contributed by atoms with E-state index in [0.29, 0.717) is 10.5 Å². The van der Waals surface area contributed by atoms with Crippen molar-refractivity contribution >= 4 is 29.1 Å². The summed E-state index contributed by atoms with van der Waals surface area (Å²) in [7, 11) is 0. The number of rotatable bonds is 3. The van der Waals surface area contributed by atoms with E-state index in [0.717, 1.165) is 0 Å². The van der Waals surface area contributed by atoms with Crippen molar-refractivity contribution in [2.45, 2.75) is 10.8 Å². The zero-order chi connectivity index (χ0) is 5.70. The zero-order valence-electron chi connectivity index (χ0n) is 3.98. The Morgan fingerprint density at radius 3 is 2.71 bits per heavy atom. The van der Waals surface area contributed by atoms with Crippen LogP contribution in [0.2, 0.25) is 0 Å². The van der Waals surface area contributed by atoms with Crippen LogP contribution in [0.5, 0.6) is 0 Å². The summed E-state index contributed by atoms with van der Waals surface area (Å²) in [6.07, 6.45) is 0. The summed E-state index contributed by atoms with van der Waals surface area (Å²) in [5, 5.41) is 0. The predicted octanol–water partition coefficient (Wildman–Crippen LogP) is 0.894. The minimum Gasteiger partial charge on any atom is -0.456 e. The maximum Gasteiger partial charge on any atom is 0.417 e. The number of hydrogen-bond acceptors (Lipinski definition) is 2. The van der Waals surface area contributed by atoms with Gasteiger partial charge in [0, 0.05) is 3.92 Å². The molecule has 0 heterocycles. The molecule has 41 valence electrons. The molecule has 0 saturated heterocycles. The Morgan fingerprint density at radius 1 is 2.00 bits per heavy atom. The average Bonchev–Trinajstić information content (AvgIpc) is 1.61. The molecule has 0 amide bonds. The summed E-state index contributed by atoms with van der Waals surface area (Å²) in [4.78, 5) is 9.36. The van der Waals surface area contributed by atoms with Gasteiger partial charge in [0.15, 0.2) is 0 Å². The Bertz CT molecular complexity index is 53.7. The number of hydrogen-bond donors (Lipinski definition) is 0. The lowest BCUT2D eigenvalue weighted by Crippen LogP contribution is -2.01. The van der Waals surface area contributed by atoms with Crippen molar-refractivity contribution in [3.05, 3.63) is 0 Å². The van der Waals surface area contributed by atoms with Gasteiger partial charge < -0.3 is 4.74 Å². The summed E-state index contributed by atoms with van der Waals surface area (Å²) < 4.78 is 4.67. The fourth-order valence-corrected chi connectivity index (χ4v) is 0.329. The molecule has 0 fully saturated rings. The van der Waals surface area contributed by atoms with Gasteiger partial charge in [-0.2, -0.15) is 0 Å². The van der Waals surface area contributed by atoms with E-state index in [4.69, 9.17) is 0 Å². The highest BCUT2D eigenvalue weighted by atomic mass is 127. The molecule has 0 aliphatic heterocycles. The van der Waals surface area contributed by atoms with Crippen molar-refractivity contribution in [2.75, 3.05) is 6.61 Å². The van der Waals surface area contributed by atoms with E-state index in [-0.39, 0.29) is 0 Å². The molecule has 0 aromatic carbocycles. The fraction of sp³-hybridized carbons (Fsp3) is 0.750. The Balaban J connectivity index is 2.81. The van der Waals surface area contributed by atoms with Crippen molar-refractivity contribution in [1.82, 2.24) is 0 Å². The zero-order valence-corrected chi connectivity index (χ0v) is 6.14. The molecule has 7 heavy (non-hydrogen) atoms. The van der Waals surface area contributed by atoms with Gasteiger partial charge in [0.1, 0.15) is 6.61 Å². The largest absolute Gasteiger partial charge is 0.456 e. The first-order chi connectivity index (χ1) is 3.27. The van der Waals surface area contributed by atoms with E-state index in [9.17, 15) is 4.79 Å². The van der Waals surface area contributed by atoms with Crippen LogP contribution in [0.4, 0.5) is 0 Å². The molecule has 0 aromatic heterocycles. The lowest BCUT2D eigenvalue weighted by atomic mass is 10.5. The molecule has 2 nitrogen and oxygen atoms in total. The first-order valence-electron chi connectivity index (χ1n) is 1.90. The van der Waals surface area contributed by atoms with Crippen LogP contribution >= 0.6 is 22.6 Å². The highest BCUT2D eigenvalue weighted by Crippen LogP contribution is 1.96. The van der Waals surface area contributed by atoms with E-state index < -0.39 is 0 Å². The van der Waals surface area contributed by atoms with Crippen LogP contribution in [0.3, 0.4) is 0 Å². The molecule has 0 spiro atoms. The topological polar surface area (TPSA) is 26.3 Å². The molecular weight excluding hydrogens is 207 g/mol. The van der Waals surface area contributed by atoms with Gasteiger partial charge in [-0.25, -0.2) is 4.79 Å². The standard InChI is InChI=1S/C4H6IO2/c1-4(5)2-7-3-6/h4H,2H2,1H3.